The molecule has 0 aliphatic rings. The molecule has 2 nitrogen and oxygen atoms in total. The predicted octanol–water partition coefficient (Wildman–Crippen LogP) is 4.46. The number of nitrogens with zero attached hydrogens (tertiary/aromatic N) is 1. The van der Waals surface area contributed by atoms with E-state index in [9.17, 15) is 0 Å². The summed E-state index contributed by atoms with van der Waals surface area (Å²) in [6, 6.07) is 6.80. The number of unbranched alkanes of at least 4 members (excludes halogenated alkanes) is 1. The van der Waals surface area contributed by atoms with Gasteiger partial charge in [0.05, 0.1) is 0 Å². The van der Waals surface area contributed by atoms with Crippen LogP contribution in [0.3, 0.4) is 0 Å². The van der Waals surface area contributed by atoms with Gasteiger partial charge in [-0.3, -0.25) is 0 Å². The molecular formula is C16H27ClN2. The summed E-state index contributed by atoms with van der Waals surface area (Å²) < 4.78 is 0. The number of hydrogen-bond acceptors (Lipinski definition) is 2. The van der Waals surface area contributed by atoms with E-state index in [1.807, 2.05) is 13.1 Å². The Balaban J connectivity index is 3.05. The first-order chi connectivity index (χ1) is 9.13. The summed E-state index contributed by atoms with van der Waals surface area (Å²) in [6.07, 6.45) is 3.61. The highest BCUT2D eigenvalue weighted by molar-refractivity contribution is 6.30. The minimum Gasteiger partial charge on any atom is -0.369 e. The maximum absolute atomic E-state index is 6.13. The van der Waals surface area contributed by atoms with Crippen molar-refractivity contribution < 1.29 is 0 Å². The minimum absolute atomic E-state index is 0.559. The van der Waals surface area contributed by atoms with Gasteiger partial charge in [0.2, 0.25) is 0 Å². The molecule has 19 heavy (non-hydrogen) atoms. The Hall–Kier alpha value is -0.730. The second-order valence-electron chi connectivity index (χ2n) is 5.11. The zero-order valence-corrected chi connectivity index (χ0v) is 13.4. The molecule has 108 valence electrons. The van der Waals surface area contributed by atoms with Crippen LogP contribution >= 0.6 is 11.6 Å². The van der Waals surface area contributed by atoms with Gasteiger partial charge in [-0.15, -0.1) is 0 Å². The number of hydrogen-bond donors (Lipinski definition) is 1. The third-order valence-electron chi connectivity index (χ3n) is 3.59. The van der Waals surface area contributed by atoms with Crippen LogP contribution < -0.4 is 10.2 Å². The number of benzene rings is 1. The number of nitrogens with one attached hydrogen (secondary N) is 1. The summed E-state index contributed by atoms with van der Waals surface area (Å²) in [7, 11) is 1.98. The summed E-state index contributed by atoms with van der Waals surface area (Å²) in [5.74, 6) is 0. The van der Waals surface area contributed by atoms with Crippen LogP contribution in [0.5, 0.6) is 0 Å². The van der Waals surface area contributed by atoms with E-state index in [4.69, 9.17) is 11.6 Å². The van der Waals surface area contributed by atoms with Gasteiger partial charge in [0, 0.05) is 29.8 Å². The van der Waals surface area contributed by atoms with Crippen LogP contribution in [0.2, 0.25) is 5.02 Å². The van der Waals surface area contributed by atoms with Crippen LogP contribution in [0.25, 0.3) is 0 Å². The molecule has 0 heterocycles. The van der Waals surface area contributed by atoms with Crippen molar-refractivity contribution in [1.82, 2.24) is 5.32 Å². The van der Waals surface area contributed by atoms with E-state index < -0.39 is 0 Å². The topological polar surface area (TPSA) is 15.3 Å². The lowest BCUT2D eigenvalue weighted by Crippen LogP contribution is -2.34. The van der Waals surface area contributed by atoms with E-state index in [-0.39, 0.29) is 0 Å². The summed E-state index contributed by atoms with van der Waals surface area (Å²) in [5.41, 5.74) is 2.60. The molecule has 1 unspecified atom stereocenters. The van der Waals surface area contributed by atoms with E-state index in [0.717, 1.165) is 24.5 Å². The Bertz CT molecular complexity index is 379. The highest BCUT2D eigenvalue weighted by Gasteiger charge is 2.15. The van der Waals surface area contributed by atoms with Crippen molar-refractivity contribution >= 4 is 17.3 Å². The van der Waals surface area contributed by atoms with Crippen molar-refractivity contribution in [2.45, 2.75) is 52.6 Å². The maximum Gasteiger partial charge on any atom is 0.0415 e. The van der Waals surface area contributed by atoms with Crippen molar-refractivity contribution in [1.29, 1.82) is 0 Å². The Morgan fingerprint density at radius 3 is 2.63 bits per heavy atom. The van der Waals surface area contributed by atoms with Crippen LogP contribution in [0, 0.1) is 0 Å². The molecule has 1 aromatic carbocycles. The molecule has 0 spiro atoms. The largest absolute Gasteiger partial charge is 0.369 e. The molecule has 0 aliphatic heterocycles. The highest BCUT2D eigenvalue weighted by atomic mass is 35.5. The van der Waals surface area contributed by atoms with Crippen LogP contribution in [-0.4, -0.2) is 19.6 Å². The lowest BCUT2D eigenvalue weighted by Gasteiger charge is -2.32. The van der Waals surface area contributed by atoms with Crippen molar-refractivity contribution in [3.63, 3.8) is 0 Å². The lowest BCUT2D eigenvalue weighted by atomic mass is 10.1. The average Bonchev–Trinajstić information content (AvgIpc) is 2.41. The molecule has 0 radical (unpaired) electrons. The Morgan fingerprint density at radius 2 is 2.05 bits per heavy atom. The number of halogens is 1. The molecule has 1 rings (SSSR count). The van der Waals surface area contributed by atoms with Gasteiger partial charge in [-0.05, 0) is 50.6 Å². The summed E-state index contributed by atoms with van der Waals surface area (Å²) in [4.78, 5) is 2.52. The molecule has 0 aromatic heterocycles. The summed E-state index contributed by atoms with van der Waals surface area (Å²) in [6.45, 7) is 8.76. The normalized spacial score (nSPS) is 12.5. The monoisotopic (exact) mass is 282 g/mol. The minimum atomic E-state index is 0.559. The van der Waals surface area contributed by atoms with Gasteiger partial charge in [-0.25, -0.2) is 0 Å². The first-order valence-corrected chi connectivity index (χ1v) is 7.71. The molecule has 3 heteroatoms. The summed E-state index contributed by atoms with van der Waals surface area (Å²) >= 11 is 6.13. The highest BCUT2D eigenvalue weighted by Crippen LogP contribution is 2.27. The van der Waals surface area contributed by atoms with Gasteiger partial charge >= 0.3 is 0 Å². The second-order valence-corrected chi connectivity index (χ2v) is 5.54. The maximum atomic E-state index is 6.13. The number of rotatable bonds is 8. The zero-order valence-electron chi connectivity index (χ0n) is 12.7. The van der Waals surface area contributed by atoms with Crippen LogP contribution in [-0.2, 0) is 6.54 Å². The third-order valence-corrected chi connectivity index (χ3v) is 3.83. The van der Waals surface area contributed by atoms with Crippen molar-refractivity contribution in [3.05, 3.63) is 28.8 Å². The molecule has 0 saturated heterocycles. The van der Waals surface area contributed by atoms with E-state index in [0.29, 0.717) is 6.04 Å². The fraction of sp³-hybridized carbons (Fsp3) is 0.625. The molecule has 0 bridgehead atoms. The van der Waals surface area contributed by atoms with Crippen molar-refractivity contribution in [2.75, 3.05) is 18.5 Å². The van der Waals surface area contributed by atoms with Gasteiger partial charge in [0.25, 0.3) is 0 Å². The fourth-order valence-corrected chi connectivity index (χ4v) is 2.49. The number of anilines is 1. The van der Waals surface area contributed by atoms with Gasteiger partial charge in [-0.2, -0.15) is 0 Å². The standard InChI is InChI=1S/C16H27ClN2/c1-5-7-10-19(13(3)6-2)16-9-8-15(17)11-14(16)12-18-4/h8-9,11,13,18H,5-7,10,12H2,1-4H3. The molecule has 1 atom stereocenters. The molecule has 1 N–H and O–H groups in total. The smallest absolute Gasteiger partial charge is 0.0415 e. The predicted molar refractivity (Wildman–Crippen MR) is 86.2 cm³/mol. The SMILES string of the molecule is CCCCN(c1ccc(Cl)cc1CNC)C(C)CC. The second kappa shape index (κ2) is 8.44. The quantitative estimate of drug-likeness (QED) is 0.757. The summed E-state index contributed by atoms with van der Waals surface area (Å²) in [5, 5.41) is 4.05. The van der Waals surface area contributed by atoms with E-state index in [2.05, 4.69) is 43.1 Å². The average molecular weight is 283 g/mol. The molecule has 0 saturated carbocycles. The fourth-order valence-electron chi connectivity index (χ4n) is 2.29. The first-order valence-electron chi connectivity index (χ1n) is 7.33. The van der Waals surface area contributed by atoms with Crippen LogP contribution in [0.1, 0.15) is 45.6 Å². The van der Waals surface area contributed by atoms with Gasteiger partial charge in [-0.1, -0.05) is 31.9 Å². The molecule has 1 aromatic rings. The molecular weight excluding hydrogens is 256 g/mol. The van der Waals surface area contributed by atoms with E-state index in [1.165, 1.54) is 24.1 Å². The van der Waals surface area contributed by atoms with E-state index >= 15 is 0 Å². The van der Waals surface area contributed by atoms with Crippen LogP contribution in [0.15, 0.2) is 18.2 Å². The van der Waals surface area contributed by atoms with Gasteiger partial charge in [0.15, 0.2) is 0 Å². The van der Waals surface area contributed by atoms with Crippen molar-refractivity contribution in [2.24, 2.45) is 0 Å². The zero-order chi connectivity index (χ0) is 14.3. The molecule has 0 fully saturated rings. The van der Waals surface area contributed by atoms with Crippen LogP contribution in [0.4, 0.5) is 5.69 Å². The Kier molecular flexibility index (Phi) is 7.25. The third kappa shape index (κ3) is 4.70. The Labute approximate surface area is 123 Å². The van der Waals surface area contributed by atoms with Gasteiger partial charge < -0.3 is 10.2 Å². The molecule has 0 amide bonds. The van der Waals surface area contributed by atoms with Crippen molar-refractivity contribution in [3.8, 4) is 0 Å². The van der Waals surface area contributed by atoms with Gasteiger partial charge in [0.1, 0.15) is 0 Å². The lowest BCUT2D eigenvalue weighted by molar-refractivity contribution is 0.592. The van der Waals surface area contributed by atoms with E-state index in [1.54, 1.807) is 0 Å². The Morgan fingerprint density at radius 1 is 1.32 bits per heavy atom. The molecule has 0 aliphatic carbocycles. The first kappa shape index (κ1) is 16.3.